The predicted octanol–water partition coefficient (Wildman–Crippen LogP) is 2.06. The van der Waals surface area contributed by atoms with Gasteiger partial charge in [0.25, 0.3) is 5.56 Å². The number of carbonyl (C=O) groups excluding carboxylic acids is 2. The quantitative estimate of drug-likeness (QED) is 0.401. The molecule has 7 nitrogen and oxygen atoms in total. The Hall–Kier alpha value is -2.32. The summed E-state index contributed by atoms with van der Waals surface area (Å²) >= 11 is 7.15. The van der Waals surface area contributed by atoms with Crippen molar-refractivity contribution >= 4 is 46.1 Å². The van der Waals surface area contributed by atoms with Crippen molar-refractivity contribution in [2.24, 2.45) is 0 Å². The van der Waals surface area contributed by atoms with E-state index in [-0.39, 0.29) is 42.3 Å². The summed E-state index contributed by atoms with van der Waals surface area (Å²) in [5, 5.41) is 4.14. The Balaban J connectivity index is 1.73. The standard InChI is InChI=1S/C19H21ClN4O3S/c1-3-8-24-18(27)14-9-12(20)4-7-15(14)22-19(24)28-11-17(26)23(2)10-16(25)21-13-5-6-13/h3-4,7,9,13H,1,5-6,8,10-11H2,2H3,(H,21,25). The lowest BCUT2D eigenvalue weighted by Gasteiger charge is -2.17. The van der Waals surface area contributed by atoms with E-state index in [0.717, 1.165) is 24.6 Å². The molecule has 1 aromatic carbocycles. The lowest BCUT2D eigenvalue weighted by atomic mass is 10.2. The van der Waals surface area contributed by atoms with E-state index in [0.29, 0.717) is 21.1 Å². The van der Waals surface area contributed by atoms with Gasteiger partial charge in [-0.2, -0.15) is 0 Å². The van der Waals surface area contributed by atoms with Crippen LogP contribution in [0.1, 0.15) is 12.8 Å². The first kappa shape index (κ1) is 20.4. The van der Waals surface area contributed by atoms with Crippen molar-refractivity contribution in [1.82, 2.24) is 19.8 Å². The molecule has 1 aromatic heterocycles. The summed E-state index contributed by atoms with van der Waals surface area (Å²) in [5.41, 5.74) is 0.279. The van der Waals surface area contributed by atoms with Crippen LogP contribution in [-0.4, -0.2) is 51.7 Å². The number of fused-ring (bicyclic) bond motifs is 1. The van der Waals surface area contributed by atoms with Gasteiger partial charge in [-0.05, 0) is 31.0 Å². The number of nitrogens with zero attached hydrogens (tertiary/aromatic N) is 3. The number of hydrogen-bond acceptors (Lipinski definition) is 5. The van der Waals surface area contributed by atoms with Gasteiger partial charge in [-0.3, -0.25) is 19.0 Å². The molecule has 2 amide bonds. The molecule has 1 heterocycles. The largest absolute Gasteiger partial charge is 0.352 e. The molecule has 0 atom stereocenters. The number of carbonyl (C=O) groups is 2. The predicted molar refractivity (Wildman–Crippen MR) is 111 cm³/mol. The minimum atomic E-state index is -0.237. The Kier molecular flexibility index (Phi) is 6.41. The molecule has 0 unspecified atom stereocenters. The molecule has 0 spiro atoms. The Labute approximate surface area is 171 Å². The molecule has 1 aliphatic rings. The maximum atomic E-state index is 12.8. The van der Waals surface area contributed by atoms with Gasteiger partial charge < -0.3 is 10.2 Å². The van der Waals surface area contributed by atoms with E-state index in [1.165, 1.54) is 9.47 Å². The third-order valence-corrected chi connectivity index (χ3v) is 5.46. The normalized spacial score (nSPS) is 13.4. The highest BCUT2D eigenvalue weighted by Gasteiger charge is 2.24. The number of rotatable bonds is 8. The molecule has 3 rings (SSSR count). The summed E-state index contributed by atoms with van der Waals surface area (Å²) in [7, 11) is 1.59. The number of likely N-dealkylation sites (N-methyl/N-ethyl adjacent to an activating group) is 1. The molecule has 1 fully saturated rings. The zero-order valence-corrected chi connectivity index (χ0v) is 17.1. The zero-order valence-electron chi connectivity index (χ0n) is 15.5. The van der Waals surface area contributed by atoms with Crippen LogP contribution in [0.5, 0.6) is 0 Å². The second-order valence-electron chi connectivity index (χ2n) is 6.64. The average Bonchev–Trinajstić information content (AvgIpc) is 3.46. The third-order valence-electron chi connectivity index (χ3n) is 4.27. The number of benzene rings is 1. The summed E-state index contributed by atoms with van der Waals surface area (Å²) in [6, 6.07) is 5.18. The first-order valence-corrected chi connectivity index (χ1v) is 10.2. The summed E-state index contributed by atoms with van der Waals surface area (Å²) in [6.45, 7) is 3.96. The Bertz CT molecular complexity index is 987. The first-order valence-electron chi connectivity index (χ1n) is 8.86. The van der Waals surface area contributed by atoms with Crippen LogP contribution in [0, 0.1) is 0 Å². The smallest absolute Gasteiger partial charge is 0.262 e. The van der Waals surface area contributed by atoms with Gasteiger partial charge in [0.2, 0.25) is 11.8 Å². The number of nitrogens with one attached hydrogen (secondary N) is 1. The van der Waals surface area contributed by atoms with Crippen molar-refractivity contribution in [2.45, 2.75) is 30.6 Å². The molecule has 1 saturated carbocycles. The molecular weight excluding hydrogens is 400 g/mol. The number of allylic oxidation sites excluding steroid dienone is 1. The average molecular weight is 421 g/mol. The van der Waals surface area contributed by atoms with Crippen molar-refractivity contribution in [3.8, 4) is 0 Å². The maximum absolute atomic E-state index is 12.8. The molecule has 2 aromatic rings. The lowest BCUT2D eigenvalue weighted by Crippen LogP contribution is -2.39. The van der Waals surface area contributed by atoms with Crippen molar-refractivity contribution in [2.75, 3.05) is 19.3 Å². The van der Waals surface area contributed by atoms with E-state index in [4.69, 9.17) is 11.6 Å². The SMILES string of the molecule is C=CCn1c(SCC(=O)N(C)CC(=O)NC2CC2)nc2ccc(Cl)cc2c1=O. The van der Waals surface area contributed by atoms with Crippen LogP contribution >= 0.6 is 23.4 Å². The summed E-state index contributed by atoms with van der Waals surface area (Å²) < 4.78 is 1.46. The van der Waals surface area contributed by atoms with Gasteiger partial charge in [0.05, 0.1) is 23.2 Å². The van der Waals surface area contributed by atoms with Gasteiger partial charge in [0.1, 0.15) is 0 Å². The van der Waals surface area contributed by atoms with Crippen molar-refractivity contribution in [3.63, 3.8) is 0 Å². The molecule has 1 aliphatic carbocycles. The van der Waals surface area contributed by atoms with Crippen LogP contribution in [0.2, 0.25) is 5.02 Å². The van der Waals surface area contributed by atoms with Crippen LogP contribution in [-0.2, 0) is 16.1 Å². The molecule has 28 heavy (non-hydrogen) atoms. The Morgan fingerprint density at radius 2 is 2.21 bits per heavy atom. The molecular formula is C19H21ClN4O3S. The first-order chi connectivity index (χ1) is 13.4. The van der Waals surface area contributed by atoms with Crippen molar-refractivity contribution in [1.29, 1.82) is 0 Å². The second-order valence-corrected chi connectivity index (χ2v) is 8.02. The summed E-state index contributed by atoms with van der Waals surface area (Å²) in [4.78, 5) is 42.9. The van der Waals surface area contributed by atoms with E-state index in [2.05, 4.69) is 16.9 Å². The minimum absolute atomic E-state index is 0.0129. The van der Waals surface area contributed by atoms with Crippen molar-refractivity contribution < 1.29 is 9.59 Å². The van der Waals surface area contributed by atoms with Crippen LogP contribution in [0.25, 0.3) is 10.9 Å². The van der Waals surface area contributed by atoms with E-state index in [9.17, 15) is 14.4 Å². The number of halogens is 1. The fraction of sp³-hybridized carbons (Fsp3) is 0.368. The monoisotopic (exact) mass is 420 g/mol. The van der Waals surface area contributed by atoms with E-state index in [1.54, 1.807) is 31.3 Å². The third kappa shape index (κ3) is 4.94. The Morgan fingerprint density at radius 3 is 2.89 bits per heavy atom. The highest BCUT2D eigenvalue weighted by molar-refractivity contribution is 7.99. The fourth-order valence-corrected chi connectivity index (χ4v) is 3.74. The van der Waals surface area contributed by atoms with Gasteiger partial charge in [-0.25, -0.2) is 4.98 Å². The fourth-order valence-electron chi connectivity index (χ4n) is 2.61. The highest BCUT2D eigenvalue weighted by Crippen LogP contribution is 2.21. The summed E-state index contributed by atoms with van der Waals surface area (Å²) in [5.74, 6) is -0.310. The molecule has 0 radical (unpaired) electrons. The summed E-state index contributed by atoms with van der Waals surface area (Å²) in [6.07, 6.45) is 3.59. The van der Waals surface area contributed by atoms with Gasteiger partial charge in [-0.15, -0.1) is 6.58 Å². The molecule has 1 N–H and O–H groups in total. The van der Waals surface area contributed by atoms with Gasteiger partial charge in [0.15, 0.2) is 5.16 Å². The number of aromatic nitrogens is 2. The zero-order chi connectivity index (χ0) is 20.3. The van der Waals surface area contributed by atoms with E-state index in [1.807, 2.05) is 0 Å². The lowest BCUT2D eigenvalue weighted by molar-refractivity contribution is -0.132. The topological polar surface area (TPSA) is 84.3 Å². The second kappa shape index (κ2) is 8.79. The van der Waals surface area contributed by atoms with Crippen LogP contribution in [0.4, 0.5) is 0 Å². The molecule has 0 aliphatic heterocycles. The minimum Gasteiger partial charge on any atom is -0.352 e. The van der Waals surface area contributed by atoms with Crippen LogP contribution < -0.4 is 10.9 Å². The van der Waals surface area contributed by atoms with Crippen molar-refractivity contribution in [3.05, 3.63) is 46.2 Å². The van der Waals surface area contributed by atoms with Crippen LogP contribution in [0.3, 0.4) is 0 Å². The van der Waals surface area contributed by atoms with Gasteiger partial charge in [-0.1, -0.05) is 29.4 Å². The molecule has 148 valence electrons. The molecule has 9 heteroatoms. The Morgan fingerprint density at radius 1 is 1.46 bits per heavy atom. The highest BCUT2D eigenvalue weighted by atomic mass is 35.5. The molecule has 0 saturated heterocycles. The van der Waals surface area contributed by atoms with Gasteiger partial charge >= 0.3 is 0 Å². The number of hydrogen-bond donors (Lipinski definition) is 1. The van der Waals surface area contributed by atoms with Crippen LogP contribution in [0.15, 0.2) is 40.8 Å². The number of thioether (sulfide) groups is 1. The van der Waals surface area contributed by atoms with Gasteiger partial charge in [0, 0.05) is 24.7 Å². The maximum Gasteiger partial charge on any atom is 0.262 e. The van der Waals surface area contributed by atoms with E-state index >= 15 is 0 Å². The van der Waals surface area contributed by atoms with E-state index < -0.39 is 0 Å². The number of amides is 2. The molecule has 0 bridgehead atoms.